The van der Waals surface area contributed by atoms with Crippen LogP contribution in [0.15, 0.2) is 27.5 Å². The minimum Gasteiger partial charge on any atom is -0.364 e. The van der Waals surface area contributed by atoms with Crippen molar-refractivity contribution in [3.8, 4) is 5.69 Å². The fraction of sp³-hybridized carbons (Fsp3) is 0.273. The molecule has 0 radical (unpaired) electrons. The van der Waals surface area contributed by atoms with Crippen LogP contribution in [0.5, 0.6) is 0 Å². The van der Waals surface area contributed by atoms with Crippen LogP contribution in [0.1, 0.15) is 5.82 Å². The highest BCUT2D eigenvalue weighted by Gasteiger charge is 2.25. The molecule has 17 heavy (non-hydrogen) atoms. The van der Waals surface area contributed by atoms with Gasteiger partial charge in [-0.3, -0.25) is 0 Å². The number of aryl methyl sites for hydroxylation is 1. The van der Waals surface area contributed by atoms with E-state index < -0.39 is 0 Å². The molecule has 0 saturated carbocycles. The molecular formula is C11H11BrN4O. The Morgan fingerprint density at radius 3 is 2.88 bits per heavy atom. The number of fused-ring (bicyclic) bond motifs is 3. The summed E-state index contributed by atoms with van der Waals surface area (Å²) >= 11 is 3.52. The summed E-state index contributed by atoms with van der Waals surface area (Å²) in [5.41, 5.74) is 1.80. The molecule has 3 rings (SSSR count). The van der Waals surface area contributed by atoms with E-state index in [1.807, 2.05) is 25.2 Å². The molecule has 1 aliphatic heterocycles. The highest BCUT2D eigenvalue weighted by Crippen LogP contribution is 2.35. The second kappa shape index (κ2) is 3.46. The number of nitrogens with zero attached hydrogens (tertiary/aromatic N) is 4. The maximum Gasteiger partial charge on any atom is 0.350 e. The van der Waals surface area contributed by atoms with Gasteiger partial charge in [-0.2, -0.15) is 5.10 Å². The Morgan fingerprint density at radius 1 is 1.35 bits per heavy atom. The van der Waals surface area contributed by atoms with E-state index in [1.54, 1.807) is 11.6 Å². The fourth-order valence-electron chi connectivity index (χ4n) is 2.21. The molecule has 0 fully saturated rings. The lowest BCUT2D eigenvalue weighted by Crippen LogP contribution is -2.30. The van der Waals surface area contributed by atoms with Gasteiger partial charge in [-0.05, 0) is 28.1 Å². The summed E-state index contributed by atoms with van der Waals surface area (Å²) in [5.74, 6) is 0.769. The molecule has 0 atom stereocenters. The quantitative estimate of drug-likeness (QED) is 0.735. The largest absolute Gasteiger partial charge is 0.364 e. The molecule has 6 heteroatoms. The number of anilines is 1. The normalized spacial score (nSPS) is 13.5. The SMILES string of the molecule is CN1Cc2nn(C)c(=O)n2-c2cccc(Br)c21. The highest BCUT2D eigenvalue weighted by molar-refractivity contribution is 9.10. The topological polar surface area (TPSA) is 43.1 Å². The summed E-state index contributed by atoms with van der Waals surface area (Å²) in [6, 6.07) is 5.83. The van der Waals surface area contributed by atoms with Crippen molar-refractivity contribution in [2.75, 3.05) is 11.9 Å². The van der Waals surface area contributed by atoms with E-state index in [4.69, 9.17) is 0 Å². The van der Waals surface area contributed by atoms with Crippen molar-refractivity contribution < 1.29 is 0 Å². The van der Waals surface area contributed by atoms with Crippen LogP contribution in [0.25, 0.3) is 5.69 Å². The molecule has 0 unspecified atom stereocenters. The van der Waals surface area contributed by atoms with E-state index in [1.165, 1.54) is 4.68 Å². The Morgan fingerprint density at radius 2 is 2.12 bits per heavy atom. The van der Waals surface area contributed by atoms with Crippen LogP contribution >= 0.6 is 15.9 Å². The summed E-state index contributed by atoms with van der Waals surface area (Å²) < 4.78 is 4.03. The predicted molar refractivity (Wildman–Crippen MR) is 68.6 cm³/mol. The lowest BCUT2D eigenvalue weighted by Gasteiger charge is -2.28. The molecule has 0 N–H and O–H groups in total. The number of aromatic nitrogens is 3. The lowest BCUT2D eigenvalue weighted by atomic mass is 10.2. The van der Waals surface area contributed by atoms with Crippen LogP contribution in [0.2, 0.25) is 0 Å². The van der Waals surface area contributed by atoms with Crippen LogP contribution in [-0.4, -0.2) is 21.4 Å². The van der Waals surface area contributed by atoms with Gasteiger partial charge in [-0.1, -0.05) is 6.07 Å². The van der Waals surface area contributed by atoms with Gasteiger partial charge in [-0.25, -0.2) is 14.0 Å². The molecule has 0 aliphatic carbocycles. The minimum absolute atomic E-state index is 0.104. The zero-order valence-corrected chi connectivity index (χ0v) is 11.1. The van der Waals surface area contributed by atoms with E-state index in [0.29, 0.717) is 6.54 Å². The van der Waals surface area contributed by atoms with Crippen molar-refractivity contribution in [3.05, 3.63) is 39.0 Å². The maximum absolute atomic E-state index is 12.0. The van der Waals surface area contributed by atoms with Gasteiger partial charge in [0.2, 0.25) is 0 Å². The molecule has 1 aliphatic rings. The van der Waals surface area contributed by atoms with E-state index in [9.17, 15) is 4.79 Å². The molecule has 1 aromatic heterocycles. The van der Waals surface area contributed by atoms with Crippen LogP contribution in [-0.2, 0) is 13.6 Å². The van der Waals surface area contributed by atoms with Crippen molar-refractivity contribution in [3.63, 3.8) is 0 Å². The average molecular weight is 295 g/mol. The van der Waals surface area contributed by atoms with Crippen molar-refractivity contribution in [2.45, 2.75) is 6.54 Å². The second-order valence-corrected chi connectivity index (χ2v) is 4.98. The first-order chi connectivity index (χ1) is 8.09. The molecule has 2 aromatic rings. The van der Waals surface area contributed by atoms with Gasteiger partial charge in [0.1, 0.15) is 0 Å². The fourth-order valence-corrected chi connectivity index (χ4v) is 2.87. The van der Waals surface area contributed by atoms with E-state index >= 15 is 0 Å². The zero-order chi connectivity index (χ0) is 12.2. The maximum atomic E-state index is 12.0. The second-order valence-electron chi connectivity index (χ2n) is 4.12. The Bertz CT molecular complexity index is 658. The third-order valence-electron chi connectivity index (χ3n) is 2.96. The van der Waals surface area contributed by atoms with Gasteiger partial charge in [0, 0.05) is 18.6 Å². The summed E-state index contributed by atoms with van der Waals surface area (Å²) in [6.45, 7) is 0.631. The first-order valence-electron chi connectivity index (χ1n) is 5.24. The summed E-state index contributed by atoms with van der Waals surface area (Å²) in [6.07, 6.45) is 0. The number of hydrogen-bond acceptors (Lipinski definition) is 3. The summed E-state index contributed by atoms with van der Waals surface area (Å²) in [5, 5.41) is 4.24. The molecule has 0 bridgehead atoms. The molecule has 0 spiro atoms. The van der Waals surface area contributed by atoms with Gasteiger partial charge >= 0.3 is 5.69 Å². The molecule has 0 amide bonds. The van der Waals surface area contributed by atoms with Gasteiger partial charge < -0.3 is 4.90 Å². The number of rotatable bonds is 0. The molecular weight excluding hydrogens is 284 g/mol. The van der Waals surface area contributed by atoms with Gasteiger partial charge in [0.15, 0.2) is 5.82 Å². The smallest absolute Gasteiger partial charge is 0.350 e. The molecule has 5 nitrogen and oxygen atoms in total. The van der Waals surface area contributed by atoms with E-state index in [2.05, 4.69) is 25.9 Å². The molecule has 88 valence electrons. The zero-order valence-electron chi connectivity index (χ0n) is 9.51. The third kappa shape index (κ3) is 1.37. The first kappa shape index (κ1) is 10.6. The standard InChI is InChI=1S/C11H11BrN4O/c1-14-6-9-13-15(2)11(17)16(9)8-5-3-4-7(12)10(8)14/h3-5H,6H2,1-2H3. The first-order valence-corrected chi connectivity index (χ1v) is 6.04. The number of para-hydroxylation sites is 1. The molecule has 0 saturated heterocycles. The predicted octanol–water partition coefficient (Wildman–Crippen LogP) is 1.28. The van der Waals surface area contributed by atoms with Crippen molar-refractivity contribution >= 4 is 21.6 Å². The van der Waals surface area contributed by atoms with Crippen LogP contribution in [0.4, 0.5) is 5.69 Å². The van der Waals surface area contributed by atoms with Gasteiger partial charge in [0.05, 0.1) is 17.9 Å². The average Bonchev–Trinajstić information content (AvgIpc) is 2.54. The monoisotopic (exact) mass is 294 g/mol. The van der Waals surface area contributed by atoms with Crippen LogP contribution < -0.4 is 10.6 Å². The Kier molecular flexibility index (Phi) is 2.16. The van der Waals surface area contributed by atoms with Crippen molar-refractivity contribution in [1.82, 2.24) is 14.3 Å². The Hall–Kier alpha value is -1.56. The summed E-state index contributed by atoms with van der Waals surface area (Å²) in [7, 11) is 3.66. The van der Waals surface area contributed by atoms with E-state index in [-0.39, 0.29) is 5.69 Å². The third-order valence-corrected chi connectivity index (χ3v) is 3.60. The van der Waals surface area contributed by atoms with E-state index in [0.717, 1.165) is 21.7 Å². The Balaban J connectivity index is 2.40. The van der Waals surface area contributed by atoms with Gasteiger partial charge in [0.25, 0.3) is 0 Å². The van der Waals surface area contributed by atoms with Gasteiger partial charge in [-0.15, -0.1) is 0 Å². The number of hydrogen-bond donors (Lipinski definition) is 0. The minimum atomic E-state index is -0.104. The Labute approximate surface area is 106 Å². The van der Waals surface area contributed by atoms with Crippen LogP contribution in [0, 0.1) is 0 Å². The number of benzene rings is 1. The van der Waals surface area contributed by atoms with Crippen molar-refractivity contribution in [2.24, 2.45) is 7.05 Å². The molecule has 2 heterocycles. The van der Waals surface area contributed by atoms with Crippen molar-refractivity contribution in [1.29, 1.82) is 0 Å². The summed E-state index contributed by atoms with van der Waals surface area (Å²) in [4.78, 5) is 14.1. The number of halogens is 1. The molecule has 1 aromatic carbocycles. The lowest BCUT2D eigenvalue weighted by molar-refractivity contribution is 0.714. The highest BCUT2D eigenvalue weighted by atomic mass is 79.9. The van der Waals surface area contributed by atoms with Crippen LogP contribution in [0.3, 0.4) is 0 Å².